The lowest BCUT2D eigenvalue weighted by atomic mass is 10.1. The molecule has 0 spiro atoms. The third-order valence-corrected chi connectivity index (χ3v) is 6.96. The van der Waals surface area contributed by atoms with Gasteiger partial charge in [0.05, 0.1) is 4.90 Å². The maximum absolute atomic E-state index is 13.1. The van der Waals surface area contributed by atoms with Crippen LogP contribution in [-0.4, -0.2) is 69.9 Å². The fraction of sp³-hybridized carbons (Fsp3) is 0.409. The van der Waals surface area contributed by atoms with E-state index in [1.54, 1.807) is 13.0 Å². The third kappa shape index (κ3) is 6.03. The molecule has 1 unspecified atom stereocenters. The van der Waals surface area contributed by atoms with Crippen LogP contribution < -0.4 is 10.0 Å². The van der Waals surface area contributed by atoms with Crippen LogP contribution in [0.4, 0.5) is 10.1 Å². The Balaban J connectivity index is 1.68. The number of piperazine rings is 1. The van der Waals surface area contributed by atoms with Crippen LogP contribution in [0.25, 0.3) is 0 Å². The van der Waals surface area contributed by atoms with E-state index in [4.69, 9.17) is 0 Å². The molecule has 3 rings (SSSR count). The molecule has 1 heterocycles. The molecule has 2 aromatic carbocycles. The summed E-state index contributed by atoms with van der Waals surface area (Å²) in [6.45, 7) is 8.22. The second kappa shape index (κ2) is 9.76. The van der Waals surface area contributed by atoms with Crippen LogP contribution in [0.5, 0.6) is 0 Å². The first-order valence-electron chi connectivity index (χ1n) is 10.3. The molecule has 1 fully saturated rings. The molecule has 31 heavy (non-hydrogen) atoms. The summed E-state index contributed by atoms with van der Waals surface area (Å²) in [5.74, 6) is -0.764. The van der Waals surface area contributed by atoms with Crippen LogP contribution in [0.2, 0.25) is 0 Å². The lowest BCUT2D eigenvalue weighted by molar-refractivity contribution is 0.0903. The molecule has 2 N–H and O–H groups in total. The number of hydrogen-bond donors (Lipinski definition) is 2. The molecule has 0 radical (unpaired) electrons. The second-order valence-corrected chi connectivity index (χ2v) is 9.67. The SMILES string of the molecule is Cc1ccc(S(=O)(=O)Nc2ccc(F)cc2)cc1C(=O)NCC(C)N1CCN(C)CC1. The van der Waals surface area contributed by atoms with Gasteiger partial charge in [0.15, 0.2) is 0 Å². The molecule has 1 atom stereocenters. The van der Waals surface area contributed by atoms with E-state index in [9.17, 15) is 17.6 Å². The van der Waals surface area contributed by atoms with Crippen LogP contribution in [0.15, 0.2) is 47.4 Å². The largest absolute Gasteiger partial charge is 0.350 e. The summed E-state index contributed by atoms with van der Waals surface area (Å²) in [6.07, 6.45) is 0. The number of nitrogens with one attached hydrogen (secondary N) is 2. The van der Waals surface area contributed by atoms with Crippen molar-refractivity contribution >= 4 is 21.6 Å². The molecule has 0 saturated carbocycles. The minimum Gasteiger partial charge on any atom is -0.350 e. The summed E-state index contributed by atoms with van der Waals surface area (Å²) in [5, 5.41) is 2.93. The first kappa shape index (κ1) is 23.2. The van der Waals surface area contributed by atoms with Crippen LogP contribution in [0.1, 0.15) is 22.8 Å². The Labute approximate surface area is 183 Å². The number of benzene rings is 2. The number of anilines is 1. The molecule has 1 aliphatic rings. The van der Waals surface area contributed by atoms with Crippen LogP contribution >= 0.6 is 0 Å². The van der Waals surface area contributed by atoms with Crippen LogP contribution in [-0.2, 0) is 10.0 Å². The second-order valence-electron chi connectivity index (χ2n) is 7.99. The van der Waals surface area contributed by atoms with Gasteiger partial charge in [-0.15, -0.1) is 0 Å². The average molecular weight is 449 g/mol. The molecule has 1 amide bonds. The molecular weight excluding hydrogens is 419 g/mol. The maximum atomic E-state index is 13.1. The molecule has 1 saturated heterocycles. The van der Waals surface area contributed by atoms with E-state index in [0.29, 0.717) is 17.7 Å². The minimum atomic E-state index is -3.92. The van der Waals surface area contributed by atoms with E-state index in [2.05, 4.69) is 33.8 Å². The Morgan fingerprint density at radius 1 is 1.10 bits per heavy atom. The Morgan fingerprint density at radius 2 is 1.74 bits per heavy atom. The van der Waals surface area contributed by atoms with Gasteiger partial charge < -0.3 is 10.2 Å². The van der Waals surface area contributed by atoms with Gasteiger partial charge >= 0.3 is 0 Å². The molecular formula is C22H29FN4O3S. The summed E-state index contributed by atoms with van der Waals surface area (Å²) in [7, 11) is -1.82. The zero-order valence-electron chi connectivity index (χ0n) is 18.1. The van der Waals surface area contributed by atoms with Gasteiger partial charge in [0.25, 0.3) is 15.9 Å². The summed E-state index contributed by atoms with van der Waals surface area (Å²) < 4.78 is 40.9. The molecule has 0 aromatic heterocycles. The van der Waals surface area contributed by atoms with Gasteiger partial charge in [0.1, 0.15) is 5.82 Å². The maximum Gasteiger partial charge on any atom is 0.261 e. The van der Waals surface area contributed by atoms with Crippen molar-refractivity contribution in [3.63, 3.8) is 0 Å². The number of nitrogens with zero attached hydrogens (tertiary/aromatic N) is 2. The Morgan fingerprint density at radius 3 is 2.39 bits per heavy atom. The number of hydrogen-bond acceptors (Lipinski definition) is 5. The van der Waals surface area contributed by atoms with Gasteiger partial charge in [-0.2, -0.15) is 0 Å². The first-order valence-corrected chi connectivity index (χ1v) is 11.7. The number of carbonyl (C=O) groups excluding carboxylic acids is 1. The predicted octanol–water partition coefficient (Wildman–Crippen LogP) is 2.30. The highest BCUT2D eigenvalue weighted by atomic mass is 32.2. The van der Waals surface area contributed by atoms with Crippen LogP contribution in [0.3, 0.4) is 0 Å². The van der Waals surface area contributed by atoms with E-state index >= 15 is 0 Å². The van der Waals surface area contributed by atoms with E-state index < -0.39 is 15.8 Å². The molecule has 7 nitrogen and oxygen atoms in total. The van der Waals surface area contributed by atoms with Gasteiger partial charge in [-0.1, -0.05) is 6.07 Å². The van der Waals surface area contributed by atoms with E-state index in [0.717, 1.165) is 26.2 Å². The summed E-state index contributed by atoms with van der Waals surface area (Å²) in [4.78, 5) is 17.4. The van der Waals surface area contributed by atoms with Crippen molar-refractivity contribution in [2.24, 2.45) is 0 Å². The molecule has 1 aliphatic heterocycles. The number of aryl methyl sites for hydroxylation is 1. The van der Waals surface area contributed by atoms with Gasteiger partial charge in [0.2, 0.25) is 0 Å². The highest BCUT2D eigenvalue weighted by molar-refractivity contribution is 7.92. The van der Waals surface area contributed by atoms with Crippen LogP contribution in [0, 0.1) is 12.7 Å². The predicted molar refractivity (Wildman–Crippen MR) is 119 cm³/mol. The quantitative estimate of drug-likeness (QED) is 0.679. The third-order valence-electron chi connectivity index (χ3n) is 5.58. The van der Waals surface area contributed by atoms with Crippen molar-refractivity contribution in [3.05, 3.63) is 59.4 Å². The average Bonchev–Trinajstić information content (AvgIpc) is 2.74. The smallest absolute Gasteiger partial charge is 0.261 e. The van der Waals surface area contributed by atoms with Crippen molar-refractivity contribution < 1.29 is 17.6 Å². The Bertz CT molecular complexity index is 1020. The molecule has 0 aliphatic carbocycles. The van der Waals surface area contributed by atoms with Crippen molar-refractivity contribution in [1.29, 1.82) is 0 Å². The number of rotatable bonds is 7. The van der Waals surface area contributed by atoms with Crippen molar-refractivity contribution in [1.82, 2.24) is 15.1 Å². The Hall–Kier alpha value is -2.49. The topological polar surface area (TPSA) is 81.7 Å². The van der Waals surface area contributed by atoms with E-state index in [1.807, 2.05) is 0 Å². The normalized spacial score (nSPS) is 16.6. The highest BCUT2D eigenvalue weighted by Gasteiger charge is 2.21. The number of likely N-dealkylation sites (N-methyl/N-ethyl adjacent to an activating group) is 1. The standard InChI is InChI=1S/C22H29FN4O3S/c1-16-4-9-20(31(29,30)25-19-7-5-18(23)6-8-19)14-21(16)22(28)24-15-17(2)27-12-10-26(3)11-13-27/h4-9,14,17,25H,10-13,15H2,1-3H3,(H,24,28). The number of halogens is 1. The van der Waals surface area contributed by atoms with Crippen molar-refractivity contribution in [3.8, 4) is 0 Å². The minimum absolute atomic E-state index is 0.0281. The monoisotopic (exact) mass is 448 g/mol. The van der Waals surface area contributed by atoms with Gasteiger partial charge in [-0.3, -0.25) is 14.4 Å². The van der Waals surface area contributed by atoms with Gasteiger partial charge in [-0.25, -0.2) is 12.8 Å². The van der Waals surface area contributed by atoms with E-state index in [1.165, 1.54) is 36.4 Å². The zero-order valence-corrected chi connectivity index (χ0v) is 18.9. The molecule has 2 aromatic rings. The van der Waals surface area contributed by atoms with Gasteiger partial charge in [0, 0.05) is 50.0 Å². The van der Waals surface area contributed by atoms with Gasteiger partial charge in [-0.05, 0) is 62.9 Å². The fourth-order valence-electron chi connectivity index (χ4n) is 3.47. The lowest BCUT2D eigenvalue weighted by Crippen LogP contribution is -2.51. The molecule has 9 heteroatoms. The number of carbonyl (C=O) groups is 1. The number of amides is 1. The number of sulfonamides is 1. The fourth-order valence-corrected chi connectivity index (χ4v) is 4.56. The van der Waals surface area contributed by atoms with E-state index in [-0.39, 0.29) is 22.5 Å². The summed E-state index contributed by atoms with van der Waals surface area (Å²) >= 11 is 0. The van der Waals surface area contributed by atoms with Crippen molar-refractivity contribution in [2.45, 2.75) is 24.8 Å². The highest BCUT2D eigenvalue weighted by Crippen LogP contribution is 2.20. The summed E-state index contributed by atoms with van der Waals surface area (Å²) in [5.41, 5.74) is 1.24. The van der Waals surface area contributed by atoms with Crippen molar-refractivity contribution in [2.75, 3.05) is 44.5 Å². The Kier molecular flexibility index (Phi) is 7.30. The zero-order chi connectivity index (χ0) is 22.6. The first-order chi connectivity index (χ1) is 14.7. The summed E-state index contributed by atoms with van der Waals surface area (Å²) in [6, 6.07) is 9.65. The lowest BCUT2D eigenvalue weighted by Gasteiger charge is -2.36. The molecule has 168 valence electrons. The molecule has 0 bridgehead atoms.